The topological polar surface area (TPSA) is 89.3 Å². The van der Waals surface area contributed by atoms with Crippen molar-refractivity contribution in [3.63, 3.8) is 0 Å². The van der Waals surface area contributed by atoms with E-state index in [1.54, 1.807) is 13.8 Å². The molecule has 6 heteroatoms. The zero-order valence-corrected chi connectivity index (χ0v) is 14.3. The van der Waals surface area contributed by atoms with Gasteiger partial charge in [0.2, 0.25) is 0 Å². The average molecular weight is 326 g/mol. The standard InChI is InChI=1S/C16H26N2O3S/c1-4-5-6-14(11-17)18-16(19)13-7-9-15(10-8-13)22(20,21)12(2)3/h7-10,12,14H,4-6,11,17H2,1-3H3,(H,18,19). The van der Waals surface area contributed by atoms with E-state index >= 15 is 0 Å². The number of unbranched alkanes of at least 4 members (excludes halogenated alkanes) is 1. The Kier molecular flexibility index (Phi) is 7.03. The van der Waals surface area contributed by atoms with E-state index in [2.05, 4.69) is 12.2 Å². The van der Waals surface area contributed by atoms with E-state index in [4.69, 9.17) is 5.73 Å². The van der Waals surface area contributed by atoms with Crippen LogP contribution in [-0.4, -0.2) is 32.2 Å². The summed E-state index contributed by atoms with van der Waals surface area (Å²) < 4.78 is 24.1. The summed E-state index contributed by atoms with van der Waals surface area (Å²) in [5.74, 6) is -0.222. The lowest BCUT2D eigenvalue weighted by Crippen LogP contribution is -2.40. The molecule has 1 unspecified atom stereocenters. The fourth-order valence-corrected chi connectivity index (χ4v) is 3.10. The van der Waals surface area contributed by atoms with Gasteiger partial charge in [0, 0.05) is 18.2 Å². The largest absolute Gasteiger partial charge is 0.348 e. The first kappa shape index (κ1) is 18.6. The van der Waals surface area contributed by atoms with Gasteiger partial charge in [-0.2, -0.15) is 0 Å². The fourth-order valence-electron chi connectivity index (χ4n) is 2.04. The lowest BCUT2D eigenvalue weighted by atomic mass is 10.1. The smallest absolute Gasteiger partial charge is 0.251 e. The molecule has 1 atom stereocenters. The summed E-state index contributed by atoms with van der Waals surface area (Å²) in [4.78, 5) is 12.4. The minimum absolute atomic E-state index is 0.0495. The number of benzene rings is 1. The van der Waals surface area contributed by atoms with Gasteiger partial charge in [0.15, 0.2) is 9.84 Å². The second kappa shape index (κ2) is 8.29. The molecule has 0 fully saturated rings. The molecule has 0 heterocycles. The lowest BCUT2D eigenvalue weighted by Gasteiger charge is -2.16. The van der Waals surface area contributed by atoms with Gasteiger partial charge in [-0.25, -0.2) is 8.42 Å². The third kappa shape index (κ3) is 4.81. The maximum absolute atomic E-state index is 12.2. The summed E-state index contributed by atoms with van der Waals surface area (Å²) in [7, 11) is -3.31. The average Bonchev–Trinajstić information content (AvgIpc) is 2.51. The van der Waals surface area contributed by atoms with Crippen LogP contribution in [0.5, 0.6) is 0 Å². The SMILES string of the molecule is CCCCC(CN)NC(=O)c1ccc(S(=O)(=O)C(C)C)cc1. The van der Waals surface area contributed by atoms with Crippen molar-refractivity contribution >= 4 is 15.7 Å². The van der Waals surface area contributed by atoms with Crippen molar-refractivity contribution in [1.82, 2.24) is 5.32 Å². The number of hydrogen-bond acceptors (Lipinski definition) is 4. The maximum Gasteiger partial charge on any atom is 0.251 e. The maximum atomic E-state index is 12.2. The molecule has 0 spiro atoms. The molecule has 0 radical (unpaired) electrons. The molecule has 3 N–H and O–H groups in total. The summed E-state index contributed by atoms with van der Waals surface area (Å²) in [6.45, 7) is 5.75. The zero-order valence-electron chi connectivity index (χ0n) is 13.5. The summed E-state index contributed by atoms with van der Waals surface area (Å²) in [5.41, 5.74) is 6.10. The van der Waals surface area contributed by atoms with Crippen molar-refractivity contribution in [2.45, 2.75) is 56.2 Å². The highest BCUT2D eigenvalue weighted by atomic mass is 32.2. The van der Waals surface area contributed by atoms with Gasteiger partial charge in [0.1, 0.15) is 0 Å². The van der Waals surface area contributed by atoms with Crippen molar-refractivity contribution in [2.24, 2.45) is 5.73 Å². The van der Waals surface area contributed by atoms with Crippen molar-refractivity contribution in [3.8, 4) is 0 Å². The van der Waals surface area contributed by atoms with E-state index in [0.29, 0.717) is 12.1 Å². The Morgan fingerprint density at radius 3 is 2.27 bits per heavy atom. The second-order valence-corrected chi connectivity index (χ2v) is 8.17. The molecule has 0 bridgehead atoms. The molecule has 1 rings (SSSR count). The lowest BCUT2D eigenvalue weighted by molar-refractivity contribution is 0.0935. The van der Waals surface area contributed by atoms with Crippen LogP contribution < -0.4 is 11.1 Å². The highest BCUT2D eigenvalue weighted by Gasteiger charge is 2.19. The highest BCUT2D eigenvalue weighted by molar-refractivity contribution is 7.92. The Balaban J connectivity index is 2.80. The van der Waals surface area contributed by atoms with Crippen molar-refractivity contribution in [3.05, 3.63) is 29.8 Å². The minimum Gasteiger partial charge on any atom is -0.348 e. The number of rotatable bonds is 8. The van der Waals surface area contributed by atoms with Crippen molar-refractivity contribution < 1.29 is 13.2 Å². The van der Waals surface area contributed by atoms with E-state index in [-0.39, 0.29) is 16.8 Å². The van der Waals surface area contributed by atoms with Crippen LogP contribution in [0, 0.1) is 0 Å². The molecule has 0 saturated carbocycles. The Labute approximate surface area is 133 Å². The first-order valence-electron chi connectivity index (χ1n) is 7.67. The number of sulfone groups is 1. The van der Waals surface area contributed by atoms with Crippen LogP contribution in [0.15, 0.2) is 29.2 Å². The van der Waals surface area contributed by atoms with E-state index in [9.17, 15) is 13.2 Å². The van der Waals surface area contributed by atoms with Crippen LogP contribution in [0.3, 0.4) is 0 Å². The number of carbonyl (C=O) groups excluding carboxylic acids is 1. The Bertz CT molecular complexity index is 580. The second-order valence-electron chi connectivity index (χ2n) is 5.67. The number of hydrogen-bond donors (Lipinski definition) is 2. The number of carbonyl (C=O) groups is 1. The Morgan fingerprint density at radius 2 is 1.82 bits per heavy atom. The van der Waals surface area contributed by atoms with Crippen LogP contribution in [-0.2, 0) is 9.84 Å². The van der Waals surface area contributed by atoms with Gasteiger partial charge in [-0.15, -0.1) is 0 Å². The number of nitrogens with one attached hydrogen (secondary N) is 1. The van der Waals surface area contributed by atoms with E-state index in [1.807, 2.05) is 0 Å². The van der Waals surface area contributed by atoms with Crippen LogP contribution in [0.25, 0.3) is 0 Å². The molecule has 0 aliphatic heterocycles. The highest BCUT2D eigenvalue weighted by Crippen LogP contribution is 2.16. The molecule has 22 heavy (non-hydrogen) atoms. The summed E-state index contributed by atoms with van der Waals surface area (Å²) >= 11 is 0. The third-order valence-corrected chi connectivity index (χ3v) is 5.76. The molecule has 0 aliphatic rings. The van der Waals surface area contributed by atoms with Gasteiger partial charge in [0.05, 0.1) is 10.1 Å². The molecule has 124 valence electrons. The van der Waals surface area contributed by atoms with Gasteiger partial charge in [-0.3, -0.25) is 4.79 Å². The summed E-state index contributed by atoms with van der Waals surface area (Å²) in [5, 5.41) is 2.40. The normalized spacial score (nSPS) is 13.1. The minimum atomic E-state index is -3.31. The monoisotopic (exact) mass is 326 g/mol. The van der Waals surface area contributed by atoms with Crippen molar-refractivity contribution in [1.29, 1.82) is 0 Å². The molecule has 0 saturated heterocycles. The van der Waals surface area contributed by atoms with Crippen LogP contribution in [0.4, 0.5) is 0 Å². The van der Waals surface area contributed by atoms with Crippen LogP contribution in [0.1, 0.15) is 50.4 Å². The van der Waals surface area contributed by atoms with Gasteiger partial charge in [-0.05, 0) is 44.5 Å². The van der Waals surface area contributed by atoms with Crippen LogP contribution >= 0.6 is 0 Å². The molecule has 0 aromatic heterocycles. The van der Waals surface area contributed by atoms with Crippen LogP contribution in [0.2, 0.25) is 0 Å². The van der Waals surface area contributed by atoms with E-state index in [0.717, 1.165) is 19.3 Å². The number of amides is 1. The zero-order chi connectivity index (χ0) is 16.8. The van der Waals surface area contributed by atoms with Gasteiger partial charge < -0.3 is 11.1 Å². The molecular weight excluding hydrogens is 300 g/mol. The third-order valence-electron chi connectivity index (χ3n) is 3.59. The van der Waals surface area contributed by atoms with E-state index < -0.39 is 15.1 Å². The fraction of sp³-hybridized carbons (Fsp3) is 0.562. The van der Waals surface area contributed by atoms with Gasteiger partial charge in [-0.1, -0.05) is 19.8 Å². The number of nitrogens with two attached hydrogens (primary N) is 1. The first-order valence-corrected chi connectivity index (χ1v) is 9.22. The van der Waals surface area contributed by atoms with E-state index in [1.165, 1.54) is 24.3 Å². The molecule has 1 amide bonds. The summed E-state index contributed by atoms with van der Waals surface area (Å²) in [6.07, 6.45) is 2.90. The quantitative estimate of drug-likeness (QED) is 0.766. The van der Waals surface area contributed by atoms with Gasteiger partial charge in [0.25, 0.3) is 5.91 Å². The predicted molar refractivity (Wildman–Crippen MR) is 88.6 cm³/mol. The Hall–Kier alpha value is -1.40. The molecule has 5 nitrogen and oxygen atoms in total. The summed E-state index contributed by atoms with van der Waals surface area (Å²) in [6, 6.07) is 5.99. The van der Waals surface area contributed by atoms with Crippen molar-refractivity contribution in [2.75, 3.05) is 6.54 Å². The Morgan fingerprint density at radius 1 is 1.23 bits per heavy atom. The first-order chi connectivity index (χ1) is 10.3. The predicted octanol–water partition coefficient (Wildman–Crippen LogP) is 2.12. The molecule has 1 aromatic carbocycles. The molecular formula is C16H26N2O3S. The molecule has 1 aromatic rings. The van der Waals surface area contributed by atoms with Gasteiger partial charge >= 0.3 is 0 Å². The molecule has 0 aliphatic carbocycles.